The largest absolute Gasteiger partial charge is 0.456 e. The van der Waals surface area contributed by atoms with Crippen molar-refractivity contribution in [3.63, 3.8) is 0 Å². The Morgan fingerprint density at radius 1 is 0.404 bits per heavy atom. The molecule has 1 aliphatic rings. The van der Waals surface area contributed by atoms with Gasteiger partial charge in [0.15, 0.2) is 0 Å². The summed E-state index contributed by atoms with van der Waals surface area (Å²) < 4.78 is 13.2. The summed E-state index contributed by atoms with van der Waals surface area (Å²) in [4.78, 5) is 2.43. The van der Waals surface area contributed by atoms with Crippen LogP contribution in [0.1, 0.15) is 27.8 Å². The van der Waals surface area contributed by atoms with Crippen molar-refractivity contribution < 1.29 is 8.83 Å². The lowest BCUT2D eigenvalue weighted by atomic mass is 9.67. The van der Waals surface area contributed by atoms with Crippen molar-refractivity contribution in [1.82, 2.24) is 0 Å². The molecule has 57 heavy (non-hydrogen) atoms. The minimum Gasteiger partial charge on any atom is -0.456 e. The van der Waals surface area contributed by atoms with Gasteiger partial charge in [-0.25, -0.2) is 0 Å². The van der Waals surface area contributed by atoms with E-state index < -0.39 is 5.41 Å². The van der Waals surface area contributed by atoms with Crippen molar-refractivity contribution in [3.8, 4) is 11.1 Å². The average Bonchev–Trinajstić information content (AvgIpc) is 3.93. The molecule has 0 saturated heterocycles. The van der Waals surface area contributed by atoms with E-state index in [-0.39, 0.29) is 0 Å². The van der Waals surface area contributed by atoms with Crippen LogP contribution in [0.2, 0.25) is 0 Å². The molecule has 0 unspecified atom stereocenters. The summed E-state index contributed by atoms with van der Waals surface area (Å²) in [6.07, 6.45) is 0. The Bertz CT molecular complexity index is 3330. The summed E-state index contributed by atoms with van der Waals surface area (Å²) in [5.74, 6) is 0. The first-order valence-corrected chi connectivity index (χ1v) is 19.6. The van der Waals surface area contributed by atoms with Gasteiger partial charge in [-0.1, -0.05) is 146 Å². The average molecular weight is 730 g/mol. The normalized spacial score (nSPS) is 13.1. The van der Waals surface area contributed by atoms with E-state index >= 15 is 0 Å². The summed E-state index contributed by atoms with van der Waals surface area (Å²) in [5.41, 5.74) is 14.8. The van der Waals surface area contributed by atoms with Crippen LogP contribution >= 0.6 is 0 Å². The van der Waals surface area contributed by atoms with Gasteiger partial charge in [0.05, 0.1) is 11.1 Å². The highest BCUT2D eigenvalue weighted by molar-refractivity contribution is 6.20. The highest BCUT2D eigenvalue weighted by Crippen LogP contribution is 2.57. The van der Waals surface area contributed by atoms with E-state index in [1.807, 2.05) is 12.1 Å². The second-order valence-electron chi connectivity index (χ2n) is 15.2. The Kier molecular flexibility index (Phi) is 6.76. The van der Waals surface area contributed by atoms with Crippen LogP contribution in [-0.2, 0) is 5.41 Å². The van der Waals surface area contributed by atoms with Crippen molar-refractivity contribution in [2.75, 3.05) is 4.90 Å². The maximum absolute atomic E-state index is 6.67. The van der Waals surface area contributed by atoms with Crippen LogP contribution in [0.25, 0.3) is 65.8 Å². The Hall–Kier alpha value is -7.36. The highest BCUT2D eigenvalue weighted by Gasteiger charge is 2.46. The lowest BCUT2D eigenvalue weighted by Gasteiger charge is -2.35. The molecule has 0 fully saturated rings. The molecule has 0 bridgehead atoms. The van der Waals surface area contributed by atoms with Crippen LogP contribution < -0.4 is 4.90 Å². The molecule has 0 aliphatic heterocycles. The quantitative estimate of drug-likeness (QED) is 0.177. The molecule has 0 spiro atoms. The number of fused-ring (bicyclic) bond motifs is 11. The lowest BCUT2D eigenvalue weighted by molar-refractivity contribution is 0.669. The number of hydrogen-bond acceptors (Lipinski definition) is 3. The molecule has 1 aliphatic carbocycles. The van der Waals surface area contributed by atoms with Gasteiger partial charge in [-0.2, -0.15) is 0 Å². The van der Waals surface area contributed by atoms with Crippen molar-refractivity contribution >= 4 is 71.7 Å². The van der Waals surface area contributed by atoms with Crippen molar-refractivity contribution in [1.29, 1.82) is 0 Å². The maximum atomic E-state index is 6.67. The number of para-hydroxylation sites is 1. The zero-order chi connectivity index (χ0) is 37.7. The first kappa shape index (κ1) is 31.9. The van der Waals surface area contributed by atoms with Crippen LogP contribution in [0.15, 0.2) is 203 Å². The number of nitrogens with zero attached hydrogens (tertiary/aromatic N) is 1. The number of rotatable bonds is 5. The predicted octanol–water partition coefficient (Wildman–Crippen LogP) is 14.8. The number of hydrogen-bond donors (Lipinski definition) is 0. The minimum atomic E-state index is -0.539. The Labute approximate surface area is 329 Å². The smallest absolute Gasteiger partial charge is 0.143 e. The predicted molar refractivity (Wildman–Crippen MR) is 235 cm³/mol. The zero-order valence-corrected chi connectivity index (χ0v) is 31.2. The van der Waals surface area contributed by atoms with Gasteiger partial charge in [-0.05, 0) is 88.3 Å². The number of benzene rings is 9. The standard InChI is InChI=1S/C54H35NO2/c1-34-15-14-26-50-52(34)45-33-48(41-21-8-9-23-44(41)53(45)57-50)55(38-28-30-43-42-22-11-13-25-49(42)56-51(43)32-38)37-27-29-40-39-20-10-12-24-46(39)54(47(40)31-37,35-16-4-2-5-17-35)36-18-6-3-7-19-36/h2-33H,1H3. The van der Waals surface area contributed by atoms with E-state index in [0.29, 0.717) is 0 Å². The van der Waals surface area contributed by atoms with Gasteiger partial charge in [-0.3, -0.25) is 0 Å². The summed E-state index contributed by atoms with van der Waals surface area (Å²) >= 11 is 0. The molecule has 2 aromatic heterocycles. The highest BCUT2D eigenvalue weighted by atomic mass is 16.3. The second-order valence-corrected chi connectivity index (χ2v) is 15.2. The van der Waals surface area contributed by atoms with Gasteiger partial charge in [0, 0.05) is 49.8 Å². The molecule has 2 heterocycles. The molecule has 11 aromatic rings. The minimum absolute atomic E-state index is 0.539. The summed E-state index contributed by atoms with van der Waals surface area (Å²) in [5, 5.41) is 6.64. The van der Waals surface area contributed by atoms with Crippen molar-refractivity contribution in [3.05, 3.63) is 222 Å². The number of anilines is 3. The van der Waals surface area contributed by atoms with Crippen LogP contribution in [0, 0.1) is 6.92 Å². The van der Waals surface area contributed by atoms with Crippen LogP contribution in [0.4, 0.5) is 17.1 Å². The third-order valence-corrected chi connectivity index (χ3v) is 12.3. The molecule has 0 amide bonds. The fourth-order valence-corrected chi connectivity index (χ4v) is 9.84. The monoisotopic (exact) mass is 729 g/mol. The first-order valence-electron chi connectivity index (χ1n) is 19.6. The van der Waals surface area contributed by atoms with Gasteiger partial charge in [0.2, 0.25) is 0 Å². The summed E-state index contributed by atoms with van der Waals surface area (Å²) in [7, 11) is 0. The molecule has 3 nitrogen and oxygen atoms in total. The van der Waals surface area contributed by atoms with Crippen LogP contribution in [-0.4, -0.2) is 0 Å². The molecule has 268 valence electrons. The van der Waals surface area contributed by atoms with Crippen molar-refractivity contribution in [2.45, 2.75) is 12.3 Å². The molecule has 3 heteroatoms. The van der Waals surface area contributed by atoms with Crippen LogP contribution in [0.3, 0.4) is 0 Å². The number of furan rings is 2. The van der Waals surface area contributed by atoms with Crippen LogP contribution in [0.5, 0.6) is 0 Å². The molecular formula is C54H35NO2. The van der Waals surface area contributed by atoms with Gasteiger partial charge < -0.3 is 13.7 Å². The molecule has 0 saturated carbocycles. The Morgan fingerprint density at radius 2 is 1.02 bits per heavy atom. The summed E-state index contributed by atoms with van der Waals surface area (Å²) in [6, 6.07) is 70.3. The third-order valence-electron chi connectivity index (χ3n) is 12.3. The number of aryl methyl sites for hydroxylation is 1. The van der Waals surface area contributed by atoms with E-state index in [1.54, 1.807) is 0 Å². The molecule has 9 aromatic carbocycles. The second kappa shape index (κ2) is 12.1. The lowest BCUT2D eigenvalue weighted by Crippen LogP contribution is -2.28. The van der Waals surface area contributed by atoms with Gasteiger partial charge in [0.25, 0.3) is 0 Å². The third kappa shape index (κ3) is 4.48. The van der Waals surface area contributed by atoms with E-state index in [4.69, 9.17) is 8.83 Å². The first-order chi connectivity index (χ1) is 28.2. The van der Waals surface area contributed by atoms with Gasteiger partial charge >= 0.3 is 0 Å². The van der Waals surface area contributed by atoms with Crippen molar-refractivity contribution in [2.24, 2.45) is 0 Å². The molecule has 12 rings (SSSR count). The fraction of sp³-hybridized carbons (Fsp3) is 0.0370. The van der Waals surface area contributed by atoms with Gasteiger partial charge in [-0.15, -0.1) is 0 Å². The fourth-order valence-electron chi connectivity index (χ4n) is 9.84. The van der Waals surface area contributed by atoms with E-state index in [0.717, 1.165) is 71.7 Å². The zero-order valence-electron chi connectivity index (χ0n) is 31.2. The van der Waals surface area contributed by atoms with E-state index in [1.165, 1.54) is 38.9 Å². The molecule has 0 N–H and O–H groups in total. The molecule has 0 atom stereocenters. The summed E-state index contributed by atoms with van der Waals surface area (Å²) in [6.45, 7) is 2.17. The molecule has 0 radical (unpaired) electrons. The van der Waals surface area contributed by atoms with E-state index in [2.05, 4.69) is 194 Å². The SMILES string of the molecule is Cc1cccc2oc3c4ccccc4c(N(c4ccc5c(c4)C(c4ccccc4)(c4ccccc4)c4ccccc4-5)c4ccc5c(c4)oc4ccccc45)cc3c12. The topological polar surface area (TPSA) is 29.5 Å². The Morgan fingerprint density at radius 3 is 1.82 bits per heavy atom. The van der Waals surface area contributed by atoms with Gasteiger partial charge in [0.1, 0.15) is 22.3 Å². The Balaban J connectivity index is 1.20. The maximum Gasteiger partial charge on any atom is 0.143 e. The van der Waals surface area contributed by atoms with E-state index in [9.17, 15) is 0 Å². The molecular weight excluding hydrogens is 695 g/mol.